The molecule has 162 valence electrons. The third-order valence-electron chi connectivity index (χ3n) is 5.36. The normalized spacial score (nSPS) is 10.7. The van der Waals surface area contributed by atoms with Gasteiger partial charge in [-0.1, -0.05) is 36.4 Å². The molecule has 0 saturated carbocycles. The monoisotopic (exact) mass is 425 g/mol. The Morgan fingerprint density at radius 1 is 0.875 bits per heavy atom. The first-order chi connectivity index (χ1) is 15.6. The van der Waals surface area contributed by atoms with Gasteiger partial charge >= 0.3 is 0 Å². The Morgan fingerprint density at radius 3 is 2.31 bits per heavy atom. The van der Waals surface area contributed by atoms with Crippen LogP contribution in [0.15, 0.2) is 72.8 Å². The van der Waals surface area contributed by atoms with E-state index in [-0.39, 0.29) is 5.91 Å². The number of hydrogen-bond donors (Lipinski definition) is 2. The van der Waals surface area contributed by atoms with E-state index in [9.17, 15) is 4.79 Å². The first-order valence-corrected chi connectivity index (χ1v) is 10.8. The van der Waals surface area contributed by atoms with Crippen molar-refractivity contribution in [3.8, 4) is 0 Å². The fraction of sp³-hybridized carbons (Fsp3) is 0.192. The maximum absolute atomic E-state index is 12.9. The van der Waals surface area contributed by atoms with Crippen LogP contribution in [0, 0.1) is 6.92 Å². The Kier molecular flexibility index (Phi) is 6.31. The van der Waals surface area contributed by atoms with Crippen LogP contribution in [0.3, 0.4) is 0 Å². The van der Waals surface area contributed by atoms with E-state index in [1.54, 1.807) is 0 Å². The highest BCUT2D eigenvalue weighted by Gasteiger charge is 2.11. The van der Waals surface area contributed by atoms with Crippen LogP contribution in [0.25, 0.3) is 10.8 Å². The van der Waals surface area contributed by atoms with Gasteiger partial charge in [-0.25, -0.2) is 9.97 Å². The second-order valence-electron chi connectivity index (χ2n) is 7.51. The molecule has 0 saturated heterocycles. The highest BCUT2D eigenvalue weighted by Crippen LogP contribution is 2.23. The summed E-state index contributed by atoms with van der Waals surface area (Å²) in [5.74, 6) is 2.24. The van der Waals surface area contributed by atoms with E-state index < -0.39 is 0 Å². The zero-order valence-corrected chi connectivity index (χ0v) is 18.6. The molecule has 6 nitrogen and oxygen atoms in total. The molecule has 0 fully saturated rings. The number of fused-ring (bicyclic) bond motifs is 1. The minimum absolute atomic E-state index is 0.127. The topological polar surface area (TPSA) is 70.2 Å². The average Bonchev–Trinajstić information content (AvgIpc) is 2.80. The SMILES string of the molecule is CCN(CC)c1cc(Nc2ccc(NC(=O)c3cccc4ccccc34)cc2)nc(C)n1. The van der Waals surface area contributed by atoms with Crippen molar-refractivity contribution in [2.75, 3.05) is 28.6 Å². The van der Waals surface area contributed by atoms with Gasteiger partial charge in [-0.2, -0.15) is 0 Å². The van der Waals surface area contributed by atoms with E-state index in [2.05, 4.69) is 39.3 Å². The third-order valence-corrected chi connectivity index (χ3v) is 5.36. The highest BCUT2D eigenvalue weighted by atomic mass is 16.1. The smallest absolute Gasteiger partial charge is 0.256 e. The third kappa shape index (κ3) is 4.70. The molecule has 0 bridgehead atoms. The molecule has 0 radical (unpaired) electrons. The number of nitrogens with one attached hydrogen (secondary N) is 2. The first kappa shape index (κ1) is 21.3. The standard InChI is InChI=1S/C26H27N5O/c1-4-31(5-2)25-17-24(27-18(3)28-25)29-20-13-15-21(16-14-20)30-26(32)23-12-8-10-19-9-6-7-11-22(19)23/h6-17H,4-5H2,1-3H3,(H,30,32)(H,27,28,29). The Bertz CT molecular complexity index is 1230. The van der Waals surface area contributed by atoms with Gasteiger partial charge < -0.3 is 15.5 Å². The fourth-order valence-corrected chi connectivity index (χ4v) is 3.73. The van der Waals surface area contributed by atoms with Crippen LogP contribution < -0.4 is 15.5 Å². The predicted molar refractivity (Wildman–Crippen MR) is 132 cm³/mol. The quantitative estimate of drug-likeness (QED) is 0.393. The molecule has 1 heterocycles. The molecular formula is C26H27N5O. The van der Waals surface area contributed by atoms with Gasteiger partial charge in [0.25, 0.3) is 5.91 Å². The zero-order chi connectivity index (χ0) is 22.5. The lowest BCUT2D eigenvalue weighted by Gasteiger charge is -2.20. The Balaban J connectivity index is 1.48. The summed E-state index contributed by atoms with van der Waals surface area (Å²) >= 11 is 0. The Morgan fingerprint density at radius 2 is 1.56 bits per heavy atom. The molecule has 0 spiro atoms. The van der Waals surface area contributed by atoms with Gasteiger partial charge in [-0.15, -0.1) is 0 Å². The van der Waals surface area contributed by atoms with Crippen molar-refractivity contribution in [3.05, 3.63) is 84.2 Å². The van der Waals surface area contributed by atoms with Crippen LogP contribution in [0.1, 0.15) is 30.0 Å². The van der Waals surface area contributed by atoms with E-state index in [4.69, 9.17) is 0 Å². The predicted octanol–water partition coefficient (Wildman–Crippen LogP) is 5.78. The number of anilines is 4. The average molecular weight is 426 g/mol. The summed E-state index contributed by atoms with van der Waals surface area (Å²) in [5, 5.41) is 8.31. The van der Waals surface area contributed by atoms with Crippen LogP contribution in [-0.4, -0.2) is 29.0 Å². The van der Waals surface area contributed by atoms with Crippen molar-refractivity contribution in [1.29, 1.82) is 0 Å². The van der Waals surface area contributed by atoms with Crippen LogP contribution in [0.2, 0.25) is 0 Å². The lowest BCUT2D eigenvalue weighted by molar-refractivity contribution is 0.102. The van der Waals surface area contributed by atoms with Crippen molar-refractivity contribution in [2.24, 2.45) is 0 Å². The Labute approximate surface area is 188 Å². The minimum Gasteiger partial charge on any atom is -0.357 e. The maximum Gasteiger partial charge on any atom is 0.256 e. The highest BCUT2D eigenvalue weighted by molar-refractivity contribution is 6.12. The van der Waals surface area contributed by atoms with E-state index in [0.717, 1.165) is 52.7 Å². The number of aromatic nitrogens is 2. The molecule has 32 heavy (non-hydrogen) atoms. The summed E-state index contributed by atoms with van der Waals surface area (Å²) in [6.45, 7) is 7.89. The van der Waals surface area contributed by atoms with Gasteiger partial charge in [0.1, 0.15) is 17.5 Å². The van der Waals surface area contributed by atoms with Gasteiger partial charge in [0.05, 0.1) is 0 Å². The van der Waals surface area contributed by atoms with Gasteiger partial charge in [-0.05, 0) is 61.9 Å². The molecular weight excluding hydrogens is 398 g/mol. The first-order valence-electron chi connectivity index (χ1n) is 10.8. The van der Waals surface area contributed by atoms with Crippen molar-refractivity contribution in [1.82, 2.24) is 9.97 Å². The summed E-state index contributed by atoms with van der Waals surface area (Å²) in [4.78, 5) is 24.1. The molecule has 4 rings (SSSR count). The maximum atomic E-state index is 12.9. The minimum atomic E-state index is -0.127. The fourth-order valence-electron chi connectivity index (χ4n) is 3.73. The number of aryl methyl sites for hydroxylation is 1. The molecule has 0 atom stereocenters. The van der Waals surface area contributed by atoms with Crippen LogP contribution >= 0.6 is 0 Å². The molecule has 0 unspecified atom stereocenters. The lowest BCUT2D eigenvalue weighted by Crippen LogP contribution is -2.23. The molecule has 1 aromatic heterocycles. The van der Waals surface area contributed by atoms with Gasteiger partial charge in [-0.3, -0.25) is 4.79 Å². The molecule has 0 aliphatic heterocycles. The number of amides is 1. The second-order valence-corrected chi connectivity index (χ2v) is 7.51. The lowest BCUT2D eigenvalue weighted by atomic mass is 10.0. The Hall–Kier alpha value is -3.93. The zero-order valence-electron chi connectivity index (χ0n) is 18.6. The number of rotatable bonds is 7. The van der Waals surface area contributed by atoms with Crippen molar-refractivity contribution < 1.29 is 4.79 Å². The number of hydrogen-bond acceptors (Lipinski definition) is 5. The molecule has 2 N–H and O–H groups in total. The van der Waals surface area contributed by atoms with Crippen LogP contribution in [0.5, 0.6) is 0 Å². The van der Waals surface area contributed by atoms with Crippen molar-refractivity contribution >= 4 is 39.7 Å². The summed E-state index contributed by atoms with van der Waals surface area (Å²) < 4.78 is 0. The molecule has 0 aliphatic rings. The number of carbonyl (C=O) groups excluding carboxylic acids is 1. The molecule has 1 amide bonds. The second kappa shape index (κ2) is 9.47. The van der Waals surface area contributed by atoms with Crippen LogP contribution in [-0.2, 0) is 0 Å². The van der Waals surface area contributed by atoms with E-state index in [0.29, 0.717) is 5.56 Å². The number of benzene rings is 3. The largest absolute Gasteiger partial charge is 0.357 e. The van der Waals surface area contributed by atoms with E-state index in [1.807, 2.05) is 79.7 Å². The van der Waals surface area contributed by atoms with Gasteiger partial charge in [0.15, 0.2) is 0 Å². The van der Waals surface area contributed by atoms with Gasteiger partial charge in [0, 0.05) is 36.1 Å². The van der Waals surface area contributed by atoms with Gasteiger partial charge in [0.2, 0.25) is 0 Å². The van der Waals surface area contributed by atoms with E-state index >= 15 is 0 Å². The summed E-state index contributed by atoms with van der Waals surface area (Å²) in [5.41, 5.74) is 2.28. The number of nitrogens with zero attached hydrogens (tertiary/aromatic N) is 3. The van der Waals surface area contributed by atoms with Crippen LogP contribution in [0.4, 0.5) is 23.0 Å². The molecule has 4 aromatic rings. The molecule has 0 aliphatic carbocycles. The van der Waals surface area contributed by atoms with E-state index in [1.165, 1.54) is 0 Å². The summed E-state index contributed by atoms with van der Waals surface area (Å²) in [6, 6.07) is 23.2. The summed E-state index contributed by atoms with van der Waals surface area (Å²) in [6.07, 6.45) is 0. The van der Waals surface area contributed by atoms with Crippen molar-refractivity contribution in [2.45, 2.75) is 20.8 Å². The summed E-state index contributed by atoms with van der Waals surface area (Å²) in [7, 11) is 0. The van der Waals surface area contributed by atoms with Crippen molar-refractivity contribution in [3.63, 3.8) is 0 Å². The molecule has 6 heteroatoms. The number of carbonyl (C=O) groups is 1. The molecule has 3 aromatic carbocycles.